The summed E-state index contributed by atoms with van der Waals surface area (Å²) in [5, 5.41) is 2.31. The Morgan fingerprint density at radius 2 is 1.94 bits per heavy atom. The van der Waals surface area contributed by atoms with E-state index in [1.807, 2.05) is 18.2 Å². The van der Waals surface area contributed by atoms with Crippen molar-refractivity contribution in [2.75, 3.05) is 0 Å². The minimum atomic E-state index is 0.252. The van der Waals surface area contributed by atoms with Gasteiger partial charge >= 0.3 is 30.0 Å². The Morgan fingerprint density at radius 3 is 2.65 bits per heavy atom. The Balaban J connectivity index is 0.000000686. The fraction of sp³-hybridized carbons (Fsp3) is 0.286. The van der Waals surface area contributed by atoms with Gasteiger partial charge < -0.3 is 4.74 Å². The number of rotatable bonds is 3. The first-order valence-electron chi connectivity index (χ1n) is 5.64. The van der Waals surface area contributed by atoms with E-state index >= 15 is 0 Å². The predicted molar refractivity (Wildman–Crippen MR) is 72.1 cm³/mol. The molecule has 86 valence electrons. The van der Waals surface area contributed by atoms with E-state index in [4.69, 9.17) is 4.74 Å². The van der Waals surface area contributed by atoms with E-state index < -0.39 is 0 Å². The summed E-state index contributed by atoms with van der Waals surface area (Å²) in [5.74, 6) is 0.836. The van der Waals surface area contributed by atoms with Gasteiger partial charge in [0.15, 0.2) is 0 Å². The van der Waals surface area contributed by atoms with Crippen LogP contribution in [0.25, 0.3) is 10.8 Å². The molecule has 3 heteroatoms. The van der Waals surface area contributed by atoms with Crippen molar-refractivity contribution in [3.63, 3.8) is 0 Å². The summed E-state index contributed by atoms with van der Waals surface area (Å²) in [4.78, 5) is 0. The molecule has 2 aromatic rings. The zero-order valence-corrected chi connectivity index (χ0v) is 14.8. The summed E-state index contributed by atoms with van der Waals surface area (Å²) < 4.78 is 5.72. The van der Waals surface area contributed by atoms with Crippen LogP contribution in [0.3, 0.4) is 0 Å². The number of halogens is 1. The third-order valence-corrected chi connectivity index (χ3v) is 2.54. The standard InChI is InChI=1S/C14H15O.BrH.Zn/c1-3-11(2)15-14-9-8-12-6-4-5-7-13(12)10-14;;/h4-9,11H,3H2,1-2H3;1H;/q-1;;+2/p-1. The number of fused-ring (bicyclic) bond motifs is 1. The molecule has 1 atom stereocenters. The fourth-order valence-electron chi connectivity index (χ4n) is 1.46. The summed E-state index contributed by atoms with van der Waals surface area (Å²) in [6.45, 7) is 4.19. The van der Waals surface area contributed by atoms with Crippen molar-refractivity contribution in [1.29, 1.82) is 0 Å². The van der Waals surface area contributed by atoms with Gasteiger partial charge in [-0.3, -0.25) is 0 Å². The van der Waals surface area contributed by atoms with Crippen LogP contribution in [-0.2, 0) is 16.3 Å². The average molecular weight is 345 g/mol. The number of hydrogen-bond donors (Lipinski definition) is 0. The molecule has 2 aromatic carbocycles. The Morgan fingerprint density at radius 1 is 1.24 bits per heavy atom. The first kappa shape index (κ1) is 14.7. The van der Waals surface area contributed by atoms with Gasteiger partial charge in [-0.2, -0.15) is 0 Å². The van der Waals surface area contributed by atoms with Crippen molar-refractivity contribution >= 4 is 24.4 Å². The van der Waals surface area contributed by atoms with E-state index in [2.05, 4.69) is 51.7 Å². The minimum absolute atomic E-state index is 0.252. The molecule has 0 aliphatic carbocycles. The van der Waals surface area contributed by atoms with Gasteiger partial charge in [0.25, 0.3) is 0 Å². The van der Waals surface area contributed by atoms with E-state index in [1.54, 1.807) is 0 Å². The monoisotopic (exact) mass is 342 g/mol. The van der Waals surface area contributed by atoms with Gasteiger partial charge in [-0.05, 0) is 13.3 Å². The van der Waals surface area contributed by atoms with Crippen LogP contribution in [0.15, 0.2) is 36.4 Å². The van der Waals surface area contributed by atoms with E-state index in [0.717, 1.165) is 17.6 Å². The summed E-state index contributed by atoms with van der Waals surface area (Å²) in [7, 11) is 0. The molecule has 2 rings (SSSR count). The van der Waals surface area contributed by atoms with E-state index in [-0.39, 0.29) is 6.10 Å². The first-order valence-corrected chi connectivity index (χ1v) is 12.6. The van der Waals surface area contributed by atoms with Crippen LogP contribution in [0.4, 0.5) is 0 Å². The van der Waals surface area contributed by atoms with Crippen molar-refractivity contribution in [1.82, 2.24) is 0 Å². The molecule has 0 heterocycles. The molecular formula is C14H15BrOZn. The van der Waals surface area contributed by atoms with Crippen molar-refractivity contribution in [3.05, 3.63) is 42.5 Å². The Bertz CT molecular complexity index is 459. The third kappa shape index (κ3) is 4.40. The molecule has 0 radical (unpaired) electrons. The van der Waals surface area contributed by atoms with Crippen LogP contribution in [0.1, 0.15) is 20.3 Å². The SMILES string of the molecule is CCC(C)Oc1[c-]c2ccccc2cc1.[Zn+][Br]. The van der Waals surface area contributed by atoms with Crippen molar-refractivity contribution < 1.29 is 21.1 Å². The summed E-state index contributed by atoms with van der Waals surface area (Å²) in [6, 6.07) is 15.5. The Labute approximate surface area is 120 Å². The predicted octanol–water partition coefficient (Wildman–Crippen LogP) is 4.66. The third-order valence-electron chi connectivity index (χ3n) is 2.54. The molecule has 0 aliphatic rings. The maximum absolute atomic E-state index is 5.72. The Hall–Kier alpha value is -0.397. The van der Waals surface area contributed by atoms with Crippen molar-refractivity contribution in [2.45, 2.75) is 26.4 Å². The van der Waals surface area contributed by atoms with Crippen molar-refractivity contribution in [2.24, 2.45) is 0 Å². The molecule has 0 N–H and O–H groups in total. The normalized spacial score (nSPS) is 11.6. The van der Waals surface area contributed by atoms with Crippen LogP contribution in [-0.4, -0.2) is 6.10 Å². The van der Waals surface area contributed by atoms with Crippen LogP contribution in [0.2, 0.25) is 0 Å². The zero-order chi connectivity index (χ0) is 12.7. The molecule has 0 aliphatic heterocycles. The molecular weight excluding hydrogens is 329 g/mol. The molecule has 0 amide bonds. The number of hydrogen-bond acceptors (Lipinski definition) is 1. The zero-order valence-electron chi connectivity index (χ0n) is 10.2. The summed E-state index contributed by atoms with van der Waals surface area (Å²) >= 11 is 4.25. The van der Waals surface area contributed by atoms with Crippen LogP contribution in [0.5, 0.6) is 5.75 Å². The van der Waals surface area contributed by atoms with Crippen LogP contribution < -0.4 is 4.74 Å². The Kier molecular flexibility index (Phi) is 6.76. The molecule has 0 bridgehead atoms. The number of ether oxygens (including phenoxy) is 1. The molecule has 0 fully saturated rings. The van der Waals surface area contributed by atoms with Gasteiger partial charge in [0, 0.05) is 5.75 Å². The van der Waals surface area contributed by atoms with Gasteiger partial charge in [0.2, 0.25) is 0 Å². The topological polar surface area (TPSA) is 9.23 Å². The maximum atomic E-state index is 5.72. The summed E-state index contributed by atoms with van der Waals surface area (Å²) in [5.41, 5.74) is 0. The van der Waals surface area contributed by atoms with Crippen molar-refractivity contribution in [3.8, 4) is 5.75 Å². The number of benzene rings is 2. The first-order chi connectivity index (χ1) is 8.29. The molecule has 0 aromatic heterocycles. The molecule has 1 nitrogen and oxygen atoms in total. The second-order valence-electron chi connectivity index (χ2n) is 3.75. The van der Waals surface area contributed by atoms with Crippen LogP contribution in [0, 0.1) is 6.07 Å². The van der Waals surface area contributed by atoms with Gasteiger partial charge in [0.05, 0.1) is 6.10 Å². The van der Waals surface area contributed by atoms with Gasteiger partial charge in [-0.1, -0.05) is 25.1 Å². The van der Waals surface area contributed by atoms with Gasteiger partial charge in [-0.15, -0.1) is 35.0 Å². The van der Waals surface area contributed by atoms with E-state index in [1.165, 1.54) is 21.7 Å². The second kappa shape index (κ2) is 7.84. The van der Waals surface area contributed by atoms with Gasteiger partial charge in [0.1, 0.15) is 0 Å². The van der Waals surface area contributed by atoms with E-state index in [9.17, 15) is 0 Å². The molecule has 0 saturated carbocycles. The van der Waals surface area contributed by atoms with E-state index in [0.29, 0.717) is 0 Å². The quantitative estimate of drug-likeness (QED) is 0.581. The average Bonchev–Trinajstić information content (AvgIpc) is 2.41. The fourth-order valence-corrected chi connectivity index (χ4v) is 1.46. The van der Waals surface area contributed by atoms with Crippen LogP contribution >= 0.6 is 13.6 Å². The van der Waals surface area contributed by atoms with Gasteiger partial charge in [-0.25, -0.2) is 0 Å². The molecule has 0 saturated heterocycles. The molecule has 1 unspecified atom stereocenters. The summed E-state index contributed by atoms with van der Waals surface area (Å²) in [6.07, 6.45) is 1.27. The second-order valence-corrected chi connectivity index (χ2v) is 3.75. The molecule has 0 spiro atoms. The molecule has 17 heavy (non-hydrogen) atoms.